The van der Waals surface area contributed by atoms with E-state index >= 15 is 0 Å². The van der Waals surface area contributed by atoms with Crippen LogP contribution in [-0.2, 0) is 19.5 Å². The molecule has 12 heteroatoms. The van der Waals surface area contributed by atoms with E-state index in [1.807, 2.05) is 0 Å². The topological polar surface area (TPSA) is 109 Å². The number of ether oxygens (including phenoxy) is 1. The Morgan fingerprint density at radius 2 is 2.00 bits per heavy atom. The summed E-state index contributed by atoms with van der Waals surface area (Å²) >= 11 is 0. The molecule has 1 aromatic carbocycles. The molecule has 4 aromatic rings. The van der Waals surface area contributed by atoms with E-state index in [4.69, 9.17) is 4.52 Å². The van der Waals surface area contributed by atoms with Gasteiger partial charge in [-0.15, -0.1) is 13.2 Å². The number of nitrogens with zero attached hydrogens (tertiary/aromatic N) is 5. The van der Waals surface area contributed by atoms with Crippen LogP contribution in [0.4, 0.5) is 13.2 Å². The van der Waals surface area contributed by atoms with Crippen molar-refractivity contribution < 1.29 is 22.4 Å². The molecule has 0 spiro atoms. The molecule has 0 bridgehead atoms. The fourth-order valence-corrected chi connectivity index (χ4v) is 3.57. The third-order valence-electron chi connectivity index (χ3n) is 4.98. The normalized spacial score (nSPS) is 16.9. The quantitative estimate of drug-likeness (QED) is 0.499. The lowest BCUT2D eigenvalue weighted by Crippen LogP contribution is -2.34. The third kappa shape index (κ3) is 4.14. The molecule has 1 aliphatic rings. The highest BCUT2D eigenvalue weighted by molar-refractivity contribution is 5.55. The summed E-state index contributed by atoms with van der Waals surface area (Å²) in [7, 11) is 0. The fourth-order valence-electron chi connectivity index (χ4n) is 3.57. The minimum atomic E-state index is -4.75. The molecule has 2 N–H and O–H groups in total. The van der Waals surface area contributed by atoms with E-state index in [1.165, 1.54) is 24.3 Å². The summed E-state index contributed by atoms with van der Waals surface area (Å²) in [5.41, 5.74) is 2.45. The van der Waals surface area contributed by atoms with E-state index in [0.717, 1.165) is 17.2 Å². The van der Waals surface area contributed by atoms with Crippen molar-refractivity contribution in [2.45, 2.75) is 31.9 Å². The van der Waals surface area contributed by atoms with Gasteiger partial charge in [0.15, 0.2) is 0 Å². The molecule has 31 heavy (non-hydrogen) atoms. The molecule has 5 rings (SSSR count). The van der Waals surface area contributed by atoms with Crippen molar-refractivity contribution in [3.05, 3.63) is 66.1 Å². The maximum absolute atomic E-state index is 12.3. The van der Waals surface area contributed by atoms with Crippen molar-refractivity contribution in [1.29, 1.82) is 0 Å². The van der Waals surface area contributed by atoms with Crippen LogP contribution in [0.3, 0.4) is 0 Å². The number of aromatic amines is 2. The van der Waals surface area contributed by atoms with Gasteiger partial charge in [-0.2, -0.15) is 4.98 Å². The van der Waals surface area contributed by atoms with E-state index < -0.39 is 6.36 Å². The Morgan fingerprint density at radius 1 is 1.16 bits per heavy atom. The van der Waals surface area contributed by atoms with Gasteiger partial charge in [0.05, 0.1) is 30.3 Å². The molecule has 0 saturated heterocycles. The number of nitrogens with one attached hydrogen (secondary N) is 2. The van der Waals surface area contributed by atoms with Crippen LogP contribution in [0.2, 0.25) is 0 Å². The number of alkyl halides is 3. The van der Waals surface area contributed by atoms with Gasteiger partial charge < -0.3 is 19.2 Å². The molecular weight excluding hydrogens is 415 g/mol. The molecule has 0 radical (unpaired) electrons. The van der Waals surface area contributed by atoms with Crippen molar-refractivity contribution in [3.63, 3.8) is 0 Å². The van der Waals surface area contributed by atoms with Crippen LogP contribution in [0, 0.1) is 0 Å². The minimum absolute atomic E-state index is 0.227. The van der Waals surface area contributed by atoms with Crippen molar-refractivity contribution in [1.82, 2.24) is 35.0 Å². The maximum Gasteiger partial charge on any atom is 0.573 e. The number of benzene rings is 1. The number of hydrogen-bond donors (Lipinski definition) is 2. The monoisotopic (exact) mass is 431 g/mol. The van der Waals surface area contributed by atoms with Crippen LogP contribution >= 0.6 is 0 Å². The van der Waals surface area contributed by atoms with Crippen molar-refractivity contribution in [2.75, 3.05) is 0 Å². The first kappa shape index (κ1) is 19.3. The molecule has 1 aliphatic heterocycles. The van der Waals surface area contributed by atoms with E-state index in [9.17, 15) is 13.2 Å². The van der Waals surface area contributed by atoms with Crippen LogP contribution < -0.4 is 4.74 Å². The number of halogens is 3. The summed E-state index contributed by atoms with van der Waals surface area (Å²) in [6.45, 7) is 1.14. The lowest BCUT2D eigenvalue weighted by molar-refractivity contribution is -0.274. The Morgan fingerprint density at radius 3 is 2.74 bits per heavy atom. The van der Waals surface area contributed by atoms with Gasteiger partial charge in [-0.05, 0) is 24.3 Å². The van der Waals surface area contributed by atoms with Crippen molar-refractivity contribution in [3.8, 4) is 17.1 Å². The largest absolute Gasteiger partial charge is 0.573 e. The smallest absolute Gasteiger partial charge is 0.406 e. The number of imidazole rings is 2. The summed E-state index contributed by atoms with van der Waals surface area (Å²) < 4.78 is 46.5. The first-order valence-corrected chi connectivity index (χ1v) is 9.38. The zero-order valence-electron chi connectivity index (χ0n) is 15.9. The van der Waals surface area contributed by atoms with Crippen molar-refractivity contribution in [2.24, 2.45) is 0 Å². The van der Waals surface area contributed by atoms with Crippen molar-refractivity contribution >= 4 is 0 Å². The number of hydrogen-bond acceptors (Lipinski definition) is 7. The predicted molar refractivity (Wildman–Crippen MR) is 99.3 cm³/mol. The van der Waals surface area contributed by atoms with Crippen LogP contribution in [0.25, 0.3) is 11.4 Å². The molecule has 0 fully saturated rings. The molecule has 0 aliphatic carbocycles. The highest BCUT2D eigenvalue weighted by Crippen LogP contribution is 2.33. The summed E-state index contributed by atoms with van der Waals surface area (Å²) in [6, 6.07) is 5.08. The molecular formula is C19H16F3N7O2. The molecule has 0 unspecified atom stereocenters. The second-order valence-electron chi connectivity index (χ2n) is 7.02. The van der Waals surface area contributed by atoms with Crippen LogP contribution in [0.15, 0.2) is 47.5 Å². The van der Waals surface area contributed by atoms with E-state index in [0.29, 0.717) is 31.0 Å². The highest BCUT2D eigenvalue weighted by Gasteiger charge is 2.34. The number of fused-ring (bicyclic) bond motifs is 1. The average Bonchev–Trinajstić information content (AvgIpc) is 3.48. The number of aromatic nitrogens is 6. The standard InChI is InChI=1S/C19H16F3N7O2/c20-19(21,22)30-12-3-1-11(2-4-12)17-27-18(31-28-17)15-7-13-14(26-10-25-13)8-29(15)9-16-23-5-6-24-16/h1-6,10,15H,7-9H2,(H,23,24)(H,25,26)/t15-/m0/s1. The molecule has 0 saturated carbocycles. The Kier molecular flexibility index (Phi) is 4.70. The van der Waals surface area contributed by atoms with Gasteiger partial charge in [-0.25, -0.2) is 9.97 Å². The molecule has 0 amide bonds. The summed E-state index contributed by atoms with van der Waals surface area (Å²) in [6.07, 6.45) is 0.922. The second kappa shape index (κ2) is 7.54. The third-order valence-corrected chi connectivity index (χ3v) is 4.98. The van der Waals surface area contributed by atoms with E-state index in [2.05, 4.69) is 39.7 Å². The Labute approximate surface area is 173 Å². The molecule has 3 aromatic heterocycles. The predicted octanol–water partition coefficient (Wildman–Crippen LogP) is 3.38. The van der Waals surface area contributed by atoms with Gasteiger partial charge in [0.1, 0.15) is 11.6 Å². The Bertz CT molecular complexity index is 1150. The lowest BCUT2D eigenvalue weighted by atomic mass is 10.0. The number of H-pyrrole nitrogens is 2. The maximum atomic E-state index is 12.3. The minimum Gasteiger partial charge on any atom is -0.406 e. The summed E-state index contributed by atoms with van der Waals surface area (Å²) in [5.74, 6) is 1.15. The summed E-state index contributed by atoms with van der Waals surface area (Å²) in [4.78, 5) is 21.5. The second-order valence-corrected chi connectivity index (χ2v) is 7.02. The van der Waals surface area contributed by atoms with Crippen LogP contribution in [-0.4, -0.2) is 41.3 Å². The van der Waals surface area contributed by atoms with Crippen LogP contribution in [0.5, 0.6) is 5.75 Å². The fraction of sp³-hybridized carbons (Fsp3) is 0.263. The van der Waals surface area contributed by atoms with Gasteiger partial charge in [-0.3, -0.25) is 4.90 Å². The van der Waals surface area contributed by atoms with Gasteiger partial charge >= 0.3 is 6.36 Å². The molecule has 160 valence electrons. The number of rotatable bonds is 5. The SMILES string of the molecule is FC(F)(F)Oc1ccc(-c2noc([C@@H]3Cc4nc[nH]c4CN3Cc3ncc[nH]3)n2)cc1. The highest BCUT2D eigenvalue weighted by atomic mass is 19.4. The van der Waals surface area contributed by atoms with Crippen LogP contribution in [0.1, 0.15) is 29.1 Å². The molecule has 4 heterocycles. The molecule has 1 atom stereocenters. The first-order valence-electron chi connectivity index (χ1n) is 9.38. The Hall–Kier alpha value is -3.67. The van der Waals surface area contributed by atoms with E-state index in [-0.39, 0.29) is 17.6 Å². The van der Waals surface area contributed by atoms with Gasteiger partial charge in [0.2, 0.25) is 11.7 Å². The molecule has 9 nitrogen and oxygen atoms in total. The summed E-state index contributed by atoms with van der Waals surface area (Å²) in [5, 5.41) is 4.01. The van der Waals surface area contributed by atoms with E-state index in [1.54, 1.807) is 18.7 Å². The van der Waals surface area contributed by atoms with Gasteiger partial charge in [0.25, 0.3) is 0 Å². The zero-order chi connectivity index (χ0) is 21.4. The lowest BCUT2D eigenvalue weighted by Gasteiger charge is -2.31. The van der Waals surface area contributed by atoms with Gasteiger partial charge in [0, 0.05) is 30.9 Å². The average molecular weight is 431 g/mol. The Balaban J connectivity index is 1.39. The van der Waals surface area contributed by atoms with Gasteiger partial charge in [-0.1, -0.05) is 5.16 Å². The zero-order valence-corrected chi connectivity index (χ0v) is 15.9. The first-order chi connectivity index (χ1) is 14.9.